The summed E-state index contributed by atoms with van der Waals surface area (Å²) in [7, 11) is -14.7. The SMILES string of the molecule is O=P(O)(O)O.O=P(O)(O)OP(=O)(O)O.[KH].[NaH]. The van der Waals surface area contributed by atoms with Gasteiger partial charge in [0.15, 0.2) is 0 Å². The van der Waals surface area contributed by atoms with Gasteiger partial charge in [-0.15, -0.1) is 0 Å². The van der Waals surface area contributed by atoms with Gasteiger partial charge in [-0.3, -0.25) is 0 Å². The Kier molecular flexibility index (Phi) is 18.4. The van der Waals surface area contributed by atoms with Crippen LogP contribution in [0.15, 0.2) is 0 Å². The molecule has 0 aromatic carbocycles. The summed E-state index contributed by atoms with van der Waals surface area (Å²) in [5.41, 5.74) is 0. The number of hydrogen-bond donors (Lipinski definition) is 7. The van der Waals surface area contributed by atoms with E-state index in [-0.39, 0.29) is 80.9 Å². The molecular formula is H9KNaO11P3. The van der Waals surface area contributed by atoms with Crippen LogP contribution >= 0.6 is 23.5 Å². The van der Waals surface area contributed by atoms with Gasteiger partial charge in [-0.05, 0) is 0 Å². The molecule has 0 atom stereocenters. The maximum atomic E-state index is 9.63. The summed E-state index contributed by atoms with van der Waals surface area (Å²) in [6, 6.07) is 0. The van der Waals surface area contributed by atoms with Gasteiger partial charge in [0.05, 0.1) is 0 Å². The van der Waals surface area contributed by atoms with Gasteiger partial charge >= 0.3 is 104 Å². The molecule has 0 radical (unpaired) electrons. The average molecular weight is 340 g/mol. The molecule has 0 saturated heterocycles. The van der Waals surface area contributed by atoms with Gasteiger partial charge in [-0.1, -0.05) is 0 Å². The Balaban J connectivity index is -0.0000000904. The molecule has 0 aromatic rings. The molecule has 0 spiro atoms. The quantitative estimate of drug-likeness (QED) is 0.199. The third-order valence-corrected chi connectivity index (χ3v) is 1.91. The van der Waals surface area contributed by atoms with E-state index in [0.717, 1.165) is 0 Å². The second-order valence-corrected chi connectivity index (χ2v) is 5.22. The first-order valence-electron chi connectivity index (χ1n) is 2.31. The maximum absolute atomic E-state index is 9.63. The van der Waals surface area contributed by atoms with E-state index in [0.29, 0.717) is 0 Å². The van der Waals surface area contributed by atoms with Crippen molar-refractivity contribution < 1.29 is 52.3 Å². The Morgan fingerprint density at radius 3 is 0.812 bits per heavy atom. The first kappa shape index (κ1) is 27.4. The van der Waals surface area contributed by atoms with Crippen molar-refractivity contribution in [3.8, 4) is 0 Å². The van der Waals surface area contributed by atoms with Crippen LogP contribution in [0.1, 0.15) is 0 Å². The predicted octanol–water partition coefficient (Wildman–Crippen LogP) is -3.04. The molecule has 0 aromatic heterocycles. The van der Waals surface area contributed by atoms with Crippen molar-refractivity contribution in [3.63, 3.8) is 0 Å². The van der Waals surface area contributed by atoms with Crippen LogP contribution in [-0.2, 0) is 18.0 Å². The molecule has 0 aliphatic carbocycles. The zero-order valence-corrected chi connectivity index (χ0v) is 8.79. The number of rotatable bonds is 2. The van der Waals surface area contributed by atoms with Crippen LogP contribution in [0.4, 0.5) is 0 Å². The zero-order valence-electron chi connectivity index (χ0n) is 6.11. The number of hydrogen-bond acceptors (Lipinski definition) is 4. The minimum atomic E-state index is -5.05. The van der Waals surface area contributed by atoms with Crippen LogP contribution in [0, 0.1) is 0 Å². The van der Waals surface area contributed by atoms with Gasteiger partial charge in [0.25, 0.3) is 0 Å². The molecule has 0 aliphatic heterocycles. The predicted molar refractivity (Wildman–Crippen MR) is 53.7 cm³/mol. The zero-order chi connectivity index (χ0) is 12.2. The molecule has 0 heterocycles. The van der Waals surface area contributed by atoms with Gasteiger partial charge in [0.1, 0.15) is 0 Å². The summed E-state index contributed by atoms with van der Waals surface area (Å²) in [5.74, 6) is 0. The van der Waals surface area contributed by atoms with Gasteiger partial charge in [0, 0.05) is 0 Å². The van der Waals surface area contributed by atoms with E-state index in [1.807, 2.05) is 0 Å². The molecular weight excluding hydrogens is 331 g/mol. The minimum absolute atomic E-state index is 0. The van der Waals surface area contributed by atoms with E-state index in [1.54, 1.807) is 0 Å². The van der Waals surface area contributed by atoms with Crippen molar-refractivity contribution >= 4 is 104 Å². The van der Waals surface area contributed by atoms with Crippen LogP contribution in [0.3, 0.4) is 0 Å². The fourth-order valence-electron chi connectivity index (χ4n) is 0.139. The first-order chi connectivity index (χ1) is 5.71. The van der Waals surface area contributed by atoms with Crippen molar-refractivity contribution in [2.24, 2.45) is 0 Å². The normalized spacial score (nSPS) is 11.4. The van der Waals surface area contributed by atoms with Crippen LogP contribution in [0.2, 0.25) is 0 Å². The summed E-state index contributed by atoms with van der Waals surface area (Å²) in [6.45, 7) is 0. The molecule has 0 amide bonds. The monoisotopic (exact) mass is 340 g/mol. The summed E-state index contributed by atoms with van der Waals surface area (Å²) in [5, 5.41) is 0. The van der Waals surface area contributed by atoms with E-state index in [2.05, 4.69) is 4.31 Å². The average Bonchev–Trinajstić information content (AvgIpc) is 1.42. The molecule has 0 unspecified atom stereocenters. The second kappa shape index (κ2) is 10.8. The van der Waals surface area contributed by atoms with Crippen molar-refractivity contribution in [1.29, 1.82) is 0 Å². The molecule has 0 saturated carbocycles. The van der Waals surface area contributed by atoms with E-state index in [9.17, 15) is 9.13 Å². The summed E-state index contributed by atoms with van der Waals surface area (Å²) >= 11 is 0. The van der Waals surface area contributed by atoms with Crippen LogP contribution < -0.4 is 0 Å². The van der Waals surface area contributed by atoms with Gasteiger partial charge in [-0.25, -0.2) is 13.7 Å². The fourth-order valence-corrected chi connectivity index (χ4v) is 1.25. The van der Waals surface area contributed by atoms with Crippen LogP contribution in [0.25, 0.3) is 0 Å². The molecule has 11 nitrogen and oxygen atoms in total. The number of phosphoric acid groups is 3. The van der Waals surface area contributed by atoms with Crippen molar-refractivity contribution in [2.75, 3.05) is 0 Å². The molecule has 0 fully saturated rings. The van der Waals surface area contributed by atoms with E-state index < -0.39 is 23.5 Å². The summed E-state index contributed by atoms with van der Waals surface area (Å²) < 4.78 is 31.1. The fraction of sp³-hybridized carbons (Fsp3) is 0. The molecule has 92 valence electrons. The molecule has 0 bridgehead atoms. The molecule has 0 aliphatic rings. The van der Waals surface area contributed by atoms with Gasteiger partial charge in [0.2, 0.25) is 0 Å². The Bertz CT molecular complexity index is 264. The van der Waals surface area contributed by atoms with Crippen molar-refractivity contribution in [2.45, 2.75) is 0 Å². The van der Waals surface area contributed by atoms with E-state index >= 15 is 0 Å². The second-order valence-electron chi connectivity index (χ2n) is 1.58. The molecule has 7 N–H and O–H groups in total. The molecule has 0 rings (SSSR count). The summed E-state index contributed by atoms with van der Waals surface area (Å²) in [4.78, 5) is 52.6. The van der Waals surface area contributed by atoms with Crippen molar-refractivity contribution in [3.05, 3.63) is 0 Å². The van der Waals surface area contributed by atoms with Gasteiger partial charge in [-0.2, -0.15) is 4.31 Å². The molecule has 16 heavy (non-hydrogen) atoms. The van der Waals surface area contributed by atoms with E-state index in [4.69, 9.17) is 38.8 Å². The Morgan fingerprint density at radius 1 is 0.688 bits per heavy atom. The van der Waals surface area contributed by atoms with Crippen LogP contribution in [0.5, 0.6) is 0 Å². The molecule has 16 heteroatoms. The summed E-state index contributed by atoms with van der Waals surface area (Å²) in [6.07, 6.45) is 0. The topological polar surface area (TPSA) is 202 Å². The Morgan fingerprint density at radius 2 is 0.812 bits per heavy atom. The Labute approximate surface area is 154 Å². The van der Waals surface area contributed by atoms with E-state index in [1.165, 1.54) is 0 Å². The first-order valence-corrected chi connectivity index (χ1v) is 6.94. The third kappa shape index (κ3) is 53.7. The Hall–Kier alpha value is 3.01. The van der Waals surface area contributed by atoms with Crippen LogP contribution in [-0.4, -0.2) is 115 Å². The third-order valence-electron chi connectivity index (χ3n) is 0.213. The standard InChI is InChI=1S/K.Na.H4O7P2.H3O4P.2H/c;;1-8(2,3)7-9(4,5)6;1-5(2,3)4;;/h;;(H2,1,2,3)(H2,4,5,6);(H3,1,2,3,4);;. The van der Waals surface area contributed by atoms with Crippen molar-refractivity contribution in [1.82, 2.24) is 0 Å². The van der Waals surface area contributed by atoms with Gasteiger partial charge < -0.3 is 34.3 Å².